The number of benzene rings is 1. The van der Waals surface area contributed by atoms with Crippen LogP contribution >= 0.6 is 24.0 Å². The largest absolute Gasteiger partial charge is 0.489 e. The molecule has 0 aliphatic rings. The summed E-state index contributed by atoms with van der Waals surface area (Å²) in [7, 11) is 3.89. The van der Waals surface area contributed by atoms with Crippen LogP contribution in [0, 0.1) is 6.92 Å². The van der Waals surface area contributed by atoms with E-state index >= 15 is 0 Å². The Labute approximate surface area is 157 Å². The molecule has 1 rings (SSSR count). The average molecular weight is 434 g/mol. The number of rotatable bonds is 8. The molecule has 1 aromatic carbocycles. The quantitative estimate of drug-likeness (QED) is 0.375. The zero-order chi connectivity index (χ0) is 16.4. The number of hydrogen-bond acceptors (Lipinski definition) is 3. The predicted octanol–water partition coefficient (Wildman–Crippen LogP) is 2.50. The lowest BCUT2D eigenvalue weighted by molar-refractivity contribution is 0.223. The van der Waals surface area contributed by atoms with Crippen molar-refractivity contribution in [2.24, 2.45) is 4.99 Å². The van der Waals surface area contributed by atoms with Crippen LogP contribution in [-0.4, -0.2) is 57.2 Å². The highest BCUT2D eigenvalue weighted by molar-refractivity contribution is 14.0. The molecule has 5 nitrogen and oxygen atoms in total. The van der Waals surface area contributed by atoms with Gasteiger partial charge in [0.05, 0.1) is 6.54 Å². The first-order valence-electron chi connectivity index (χ1n) is 7.91. The summed E-state index contributed by atoms with van der Waals surface area (Å²) in [6.07, 6.45) is 0.0682. The van der Waals surface area contributed by atoms with Gasteiger partial charge in [0.1, 0.15) is 11.9 Å². The molecule has 6 heteroatoms. The SMILES string of the molecule is CCN(C)CCNC(=NC)NCC(C)Oc1cccc(C)c1.I. The third-order valence-corrected chi connectivity index (χ3v) is 3.43. The highest BCUT2D eigenvalue weighted by Gasteiger charge is 2.06. The van der Waals surface area contributed by atoms with Gasteiger partial charge in [0.15, 0.2) is 5.96 Å². The van der Waals surface area contributed by atoms with Crippen molar-refractivity contribution in [3.05, 3.63) is 29.8 Å². The summed E-state index contributed by atoms with van der Waals surface area (Å²) in [5.41, 5.74) is 1.20. The summed E-state index contributed by atoms with van der Waals surface area (Å²) >= 11 is 0. The third kappa shape index (κ3) is 9.65. The van der Waals surface area contributed by atoms with E-state index in [9.17, 15) is 0 Å². The lowest BCUT2D eigenvalue weighted by Gasteiger charge is -2.19. The fourth-order valence-electron chi connectivity index (χ4n) is 1.95. The first-order chi connectivity index (χ1) is 10.5. The molecular formula is C17H31IN4O. The van der Waals surface area contributed by atoms with Crippen LogP contribution in [0.1, 0.15) is 19.4 Å². The number of guanidine groups is 1. The summed E-state index contributed by atoms with van der Waals surface area (Å²) in [6.45, 7) is 9.88. The number of aliphatic imine (C=N–C) groups is 1. The number of nitrogens with zero attached hydrogens (tertiary/aromatic N) is 2. The molecule has 23 heavy (non-hydrogen) atoms. The molecule has 2 N–H and O–H groups in total. The Morgan fingerprint density at radius 3 is 2.70 bits per heavy atom. The monoisotopic (exact) mass is 434 g/mol. The van der Waals surface area contributed by atoms with E-state index in [1.165, 1.54) is 5.56 Å². The van der Waals surface area contributed by atoms with Crippen molar-refractivity contribution in [3.8, 4) is 5.75 Å². The number of nitrogens with one attached hydrogen (secondary N) is 2. The number of aryl methyl sites for hydroxylation is 1. The van der Waals surface area contributed by atoms with Crippen LogP contribution in [0.15, 0.2) is 29.3 Å². The molecule has 1 aromatic rings. The first kappa shape index (κ1) is 22.0. The van der Waals surface area contributed by atoms with Crippen molar-refractivity contribution in [2.75, 3.05) is 40.3 Å². The zero-order valence-electron chi connectivity index (χ0n) is 14.9. The maximum Gasteiger partial charge on any atom is 0.191 e. The van der Waals surface area contributed by atoms with Crippen molar-refractivity contribution in [2.45, 2.75) is 26.9 Å². The summed E-state index contributed by atoms with van der Waals surface area (Å²) in [6, 6.07) is 8.10. The minimum Gasteiger partial charge on any atom is -0.489 e. The Bertz CT molecular complexity index is 468. The second kappa shape index (κ2) is 12.4. The number of ether oxygens (including phenoxy) is 1. The van der Waals surface area contributed by atoms with Crippen LogP contribution in [-0.2, 0) is 0 Å². The Hall–Kier alpha value is -1.02. The van der Waals surface area contributed by atoms with Crippen molar-refractivity contribution in [1.82, 2.24) is 15.5 Å². The molecule has 0 saturated carbocycles. The Morgan fingerprint density at radius 1 is 1.35 bits per heavy atom. The van der Waals surface area contributed by atoms with E-state index in [1.807, 2.05) is 25.1 Å². The summed E-state index contributed by atoms with van der Waals surface area (Å²) in [4.78, 5) is 6.48. The fraction of sp³-hybridized carbons (Fsp3) is 0.588. The molecule has 1 unspecified atom stereocenters. The van der Waals surface area contributed by atoms with Gasteiger partial charge in [0.2, 0.25) is 0 Å². The van der Waals surface area contributed by atoms with Gasteiger partial charge < -0.3 is 20.3 Å². The van der Waals surface area contributed by atoms with E-state index < -0.39 is 0 Å². The lowest BCUT2D eigenvalue weighted by Crippen LogP contribution is -2.44. The average Bonchev–Trinajstić information content (AvgIpc) is 2.50. The van der Waals surface area contributed by atoms with Crippen LogP contribution in [0.4, 0.5) is 0 Å². The molecule has 0 radical (unpaired) electrons. The maximum atomic E-state index is 5.90. The van der Waals surface area contributed by atoms with Crippen LogP contribution < -0.4 is 15.4 Å². The van der Waals surface area contributed by atoms with Crippen LogP contribution in [0.25, 0.3) is 0 Å². The smallest absolute Gasteiger partial charge is 0.191 e. The summed E-state index contributed by atoms with van der Waals surface area (Å²) < 4.78 is 5.90. The molecule has 0 amide bonds. The van der Waals surface area contributed by atoms with E-state index in [0.29, 0.717) is 6.54 Å². The topological polar surface area (TPSA) is 48.9 Å². The normalized spacial score (nSPS) is 12.5. The number of halogens is 1. The van der Waals surface area contributed by atoms with Gasteiger partial charge in [-0.1, -0.05) is 19.1 Å². The van der Waals surface area contributed by atoms with Gasteiger partial charge in [-0.15, -0.1) is 24.0 Å². The molecule has 1 atom stereocenters. The molecule has 0 bridgehead atoms. The first-order valence-corrected chi connectivity index (χ1v) is 7.91. The van der Waals surface area contributed by atoms with Gasteiger partial charge >= 0.3 is 0 Å². The predicted molar refractivity (Wildman–Crippen MR) is 109 cm³/mol. The van der Waals surface area contributed by atoms with Crippen molar-refractivity contribution in [3.63, 3.8) is 0 Å². The second-order valence-electron chi connectivity index (χ2n) is 5.52. The third-order valence-electron chi connectivity index (χ3n) is 3.43. The molecule has 0 aliphatic heterocycles. The van der Waals surface area contributed by atoms with Gasteiger partial charge in [0.25, 0.3) is 0 Å². The van der Waals surface area contributed by atoms with E-state index in [1.54, 1.807) is 7.05 Å². The second-order valence-corrected chi connectivity index (χ2v) is 5.52. The minimum absolute atomic E-state index is 0. The van der Waals surface area contributed by atoms with Crippen LogP contribution in [0.3, 0.4) is 0 Å². The van der Waals surface area contributed by atoms with Gasteiger partial charge in [-0.3, -0.25) is 4.99 Å². The Morgan fingerprint density at radius 2 is 2.09 bits per heavy atom. The lowest BCUT2D eigenvalue weighted by atomic mass is 10.2. The maximum absolute atomic E-state index is 5.90. The molecule has 132 valence electrons. The van der Waals surface area contributed by atoms with E-state index in [2.05, 4.69) is 47.5 Å². The molecule has 0 saturated heterocycles. The van der Waals surface area contributed by atoms with Gasteiger partial charge in [0, 0.05) is 20.1 Å². The highest BCUT2D eigenvalue weighted by Crippen LogP contribution is 2.13. The van der Waals surface area contributed by atoms with E-state index in [-0.39, 0.29) is 30.1 Å². The van der Waals surface area contributed by atoms with Gasteiger partial charge in [-0.25, -0.2) is 0 Å². The van der Waals surface area contributed by atoms with Gasteiger partial charge in [-0.2, -0.15) is 0 Å². The molecule has 0 aliphatic carbocycles. The minimum atomic E-state index is 0. The van der Waals surface area contributed by atoms with Crippen molar-refractivity contribution >= 4 is 29.9 Å². The van der Waals surface area contributed by atoms with Gasteiger partial charge in [-0.05, 0) is 45.1 Å². The van der Waals surface area contributed by atoms with Crippen LogP contribution in [0.5, 0.6) is 5.75 Å². The van der Waals surface area contributed by atoms with Crippen molar-refractivity contribution in [1.29, 1.82) is 0 Å². The van der Waals surface area contributed by atoms with E-state index in [0.717, 1.165) is 31.3 Å². The standard InChI is InChI=1S/C17H30N4O.HI/c1-6-21(5)11-10-19-17(18-4)20-13-15(3)22-16-9-7-8-14(2)12-16;/h7-9,12,15H,6,10-11,13H2,1-5H3,(H2,18,19,20);1H. The Kier molecular flexibility index (Phi) is 11.9. The number of hydrogen-bond donors (Lipinski definition) is 2. The molecule has 0 spiro atoms. The molecule has 0 aromatic heterocycles. The van der Waals surface area contributed by atoms with Crippen LogP contribution in [0.2, 0.25) is 0 Å². The Balaban J connectivity index is 0.00000484. The zero-order valence-corrected chi connectivity index (χ0v) is 17.3. The van der Waals surface area contributed by atoms with Crippen molar-refractivity contribution < 1.29 is 4.74 Å². The molecule has 0 fully saturated rings. The molecular weight excluding hydrogens is 403 g/mol. The molecule has 0 heterocycles. The highest BCUT2D eigenvalue weighted by atomic mass is 127. The summed E-state index contributed by atoms with van der Waals surface area (Å²) in [5, 5.41) is 6.60. The summed E-state index contributed by atoms with van der Waals surface area (Å²) in [5.74, 6) is 1.71. The fourth-order valence-corrected chi connectivity index (χ4v) is 1.95. The van der Waals surface area contributed by atoms with E-state index in [4.69, 9.17) is 4.74 Å². The number of likely N-dealkylation sites (N-methyl/N-ethyl adjacent to an activating group) is 1.